The normalized spacial score (nSPS) is 43.2. The van der Waals surface area contributed by atoms with Crippen molar-refractivity contribution in [3.8, 4) is 0 Å². The Labute approximate surface area is 201 Å². The van der Waals surface area contributed by atoms with Crippen LogP contribution in [0.2, 0.25) is 0 Å². The minimum atomic E-state index is -0.335. The lowest BCUT2D eigenvalue weighted by molar-refractivity contribution is -0.138. The van der Waals surface area contributed by atoms with Gasteiger partial charge in [-0.1, -0.05) is 65.3 Å². The summed E-state index contributed by atoms with van der Waals surface area (Å²) in [5.74, 6) is 1.73. The minimum Gasteiger partial charge on any atom is -0.392 e. The van der Waals surface area contributed by atoms with E-state index < -0.39 is 0 Å². The minimum absolute atomic E-state index is 0.0157. The van der Waals surface area contributed by atoms with E-state index in [0.29, 0.717) is 30.0 Å². The maximum Gasteiger partial charge on any atom is 0.138 e. The van der Waals surface area contributed by atoms with Crippen molar-refractivity contribution >= 4 is 5.78 Å². The Bertz CT molecular complexity index is 908. The van der Waals surface area contributed by atoms with Crippen LogP contribution >= 0.6 is 0 Å². The van der Waals surface area contributed by atoms with Gasteiger partial charge in [-0.05, 0) is 85.2 Å². The van der Waals surface area contributed by atoms with Crippen molar-refractivity contribution in [3.05, 3.63) is 34.9 Å². The molecule has 184 valence electrons. The molecule has 7 unspecified atom stereocenters. The molecule has 0 amide bonds. The van der Waals surface area contributed by atoms with Gasteiger partial charge in [0.15, 0.2) is 0 Å². The zero-order chi connectivity index (χ0) is 24.4. The zero-order valence-corrected chi connectivity index (χ0v) is 22.0. The number of carbonyl (C=O) groups is 1. The monoisotopic (exact) mass is 454 g/mol. The van der Waals surface area contributed by atoms with Gasteiger partial charge in [-0.2, -0.15) is 0 Å². The number of Topliss-reactive ketones (excluding diaryl/α,β-unsaturated/α-hetero) is 1. The van der Waals surface area contributed by atoms with Gasteiger partial charge in [0.05, 0.1) is 12.7 Å². The lowest BCUT2D eigenvalue weighted by atomic mass is 9.44. The summed E-state index contributed by atoms with van der Waals surface area (Å²) in [6.45, 7) is 15.9. The molecular weight excluding hydrogens is 408 g/mol. The molecule has 0 aliphatic heterocycles. The van der Waals surface area contributed by atoms with Gasteiger partial charge in [0.2, 0.25) is 0 Å². The van der Waals surface area contributed by atoms with Gasteiger partial charge in [0.1, 0.15) is 5.78 Å². The van der Waals surface area contributed by atoms with Crippen LogP contribution in [0.25, 0.3) is 0 Å². The molecule has 2 N–H and O–H groups in total. The third-order valence-corrected chi connectivity index (χ3v) is 11.2. The maximum atomic E-state index is 12.8. The van der Waals surface area contributed by atoms with E-state index in [-0.39, 0.29) is 34.4 Å². The van der Waals surface area contributed by atoms with Crippen LogP contribution in [-0.4, -0.2) is 28.7 Å². The summed E-state index contributed by atoms with van der Waals surface area (Å²) >= 11 is 0. The molecule has 3 nitrogen and oxygen atoms in total. The Morgan fingerprint density at radius 2 is 1.88 bits per heavy atom. The summed E-state index contributed by atoms with van der Waals surface area (Å²) in [4.78, 5) is 12.8. The highest BCUT2D eigenvalue weighted by atomic mass is 16.3. The summed E-state index contributed by atoms with van der Waals surface area (Å²) in [5.41, 5.74) is 3.38. The van der Waals surface area contributed by atoms with Crippen LogP contribution in [0.15, 0.2) is 34.9 Å². The second kappa shape index (κ2) is 8.19. The summed E-state index contributed by atoms with van der Waals surface area (Å²) in [5, 5.41) is 20.9. The Balaban J connectivity index is 1.68. The fourth-order valence-corrected chi connectivity index (χ4v) is 8.61. The Kier molecular flexibility index (Phi) is 6.19. The van der Waals surface area contributed by atoms with Crippen molar-refractivity contribution in [2.45, 2.75) is 99.5 Å². The predicted octanol–water partition coefficient (Wildman–Crippen LogP) is 6.41. The number of rotatable bonds is 5. The number of hydrogen-bond acceptors (Lipinski definition) is 3. The fourth-order valence-electron chi connectivity index (χ4n) is 8.61. The molecule has 0 spiro atoms. The first kappa shape index (κ1) is 24.9. The van der Waals surface area contributed by atoms with E-state index >= 15 is 0 Å². The average Bonchev–Trinajstić information content (AvgIpc) is 2.98. The molecule has 4 rings (SSSR count). The molecule has 0 aromatic rings. The van der Waals surface area contributed by atoms with E-state index in [2.05, 4.69) is 59.8 Å². The van der Waals surface area contributed by atoms with Crippen LogP contribution in [0.5, 0.6) is 0 Å². The number of aliphatic hydroxyl groups excluding tert-OH is 2. The van der Waals surface area contributed by atoms with Crippen LogP contribution in [0.3, 0.4) is 0 Å². The largest absolute Gasteiger partial charge is 0.392 e. The molecule has 0 saturated heterocycles. The van der Waals surface area contributed by atoms with E-state index in [4.69, 9.17) is 0 Å². The number of allylic oxidation sites excluding steroid dienone is 4. The molecule has 2 saturated carbocycles. The molecule has 0 radical (unpaired) electrons. The topological polar surface area (TPSA) is 57.5 Å². The molecule has 0 aromatic heterocycles. The van der Waals surface area contributed by atoms with Crippen molar-refractivity contribution in [2.75, 3.05) is 6.61 Å². The number of fused-ring (bicyclic) bond motifs is 5. The molecule has 4 aliphatic rings. The van der Waals surface area contributed by atoms with Gasteiger partial charge in [0, 0.05) is 17.3 Å². The van der Waals surface area contributed by atoms with Crippen LogP contribution in [-0.2, 0) is 4.79 Å². The molecule has 2 fully saturated rings. The molecule has 7 atom stereocenters. The smallest absolute Gasteiger partial charge is 0.138 e. The second-order valence-corrected chi connectivity index (χ2v) is 13.0. The third-order valence-electron chi connectivity index (χ3n) is 11.2. The quantitative estimate of drug-likeness (QED) is 0.472. The summed E-state index contributed by atoms with van der Waals surface area (Å²) in [6.07, 6.45) is 13.2. The third kappa shape index (κ3) is 3.39. The number of aliphatic hydroxyl groups is 2. The van der Waals surface area contributed by atoms with Crippen molar-refractivity contribution in [3.63, 3.8) is 0 Å². The molecule has 3 heteroatoms. The predicted molar refractivity (Wildman–Crippen MR) is 135 cm³/mol. The van der Waals surface area contributed by atoms with Gasteiger partial charge in [-0.3, -0.25) is 4.79 Å². The first-order chi connectivity index (χ1) is 15.3. The van der Waals surface area contributed by atoms with E-state index in [1.54, 1.807) is 0 Å². The van der Waals surface area contributed by atoms with E-state index in [1.807, 2.05) is 6.92 Å². The van der Waals surface area contributed by atoms with E-state index in [1.165, 1.54) is 11.1 Å². The molecule has 4 aliphatic carbocycles. The molecule has 0 aromatic carbocycles. The highest BCUT2D eigenvalue weighted by Gasteiger charge is 2.66. The average molecular weight is 455 g/mol. The number of ketones is 1. The van der Waals surface area contributed by atoms with Crippen LogP contribution < -0.4 is 0 Å². The number of carbonyl (C=O) groups excluding carboxylic acids is 1. The highest BCUT2D eigenvalue weighted by molar-refractivity contribution is 5.86. The first-order valence-electron chi connectivity index (χ1n) is 13.2. The molecular formula is C30H46O3. The summed E-state index contributed by atoms with van der Waals surface area (Å²) < 4.78 is 0. The van der Waals surface area contributed by atoms with Crippen molar-refractivity contribution in [2.24, 2.45) is 39.4 Å². The highest BCUT2D eigenvalue weighted by Crippen LogP contribution is 2.71. The summed E-state index contributed by atoms with van der Waals surface area (Å²) in [6, 6.07) is 0. The van der Waals surface area contributed by atoms with E-state index in [0.717, 1.165) is 44.1 Å². The van der Waals surface area contributed by atoms with Crippen LogP contribution in [0.1, 0.15) is 93.4 Å². The molecule has 0 heterocycles. The van der Waals surface area contributed by atoms with Gasteiger partial charge in [-0.25, -0.2) is 0 Å². The molecule has 33 heavy (non-hydrogen) atoms. The van der Waals surface area contributed by atoms with Crippen LogP contribution in [0.4, 0.5) is 0 Å². The SMILES string of the molecule is C/C(=C\CCC(C)C1CC(O)C2(C)C3=CCC4C(C)(C)C(=O)CCC4(C)C3=CCC12C)CO. The van der Waals surface area contributed by atoms with Crippen LogP contribution in [0, 0.1) is 39.4 Å². The number of hydrogen-bond donors (Lipinski definition) is 2. The van der Waals surface area contributed by atoms with Gasteiger partial charge >= 0.3 is 0 Å². The van der Waals surface area contributed by atoms with Crippen molar-refractivity contribution < 1.29 is 15.0 Å². The Morgan fingerprint density at radius 1 is 1.18 bits per heavy atom. The lowest BCUT2D eigenvalue weighted by Crippen LogP contribution is -2.54. The van der Waals surface area contributed by atoms with Crippen molar-refractivity contribution in [1.82, 2.24) is 0 Å². The zero-order valence-electron chi connectivity index (χ0n) is 22.0. The standard InChI is InChI=1S/C30H46O3/c1-19(18-31)9-8-10-20(2)23-17-26(33)30(7)22-11-12-24-27(3,4)25(32)14-15-28(24,5)21(22)13-16-29(23,30)6/h9,11,13,20,23-24,26,31,33H,8,10,12,14-18H2,1-7H3/b19-9+. The first-order valence-corrected chi connectivity index (χ1v) is 13.2. The summed E-state index contributed by atoms with van der Waals surface area (Å²) in [7, 11) is 0. The second-order valence-electron chi connectivity index (χ2n) is 13.0. The van der Waals surface area contributed by atoms with E-state index in [9.17, 15) is 15.0 Å². The Hall–Kier alpha value is -1.19. The lowest BCUT2D eigenvalue weighted by Gasteiger charge is -2.60. The van der Waals surface area contributed by atoms with Crippen molar-refractivity contribution in [1.29, 1.82) is 0 Å². The Morgan fingerprint density at radius 3 is 2.55 bits per heavy atom. The van der Waals surface area contributed by atoms with Gasteiger partial charge in [0.25, 0.3) is 0 Å². The maximum absolute atomic E-state index is 12.8. The van der Waals surface area contributed by atoms with Gasteiger partial charge in [-0.15, -0.1) is 0 Å². The van der Waals surface area contributed by atoms with Gasteiger partial charge < -0.3 is 10.2 Å². The fraction of sp³-hybridized carbons (Fsp3) is 0.767. The molecule has 0 bridgehead atoms.